The number of azide groups is 1. The van der Waals surface area contributed by atoms with Gasteiger partial charge in [-0.15, -0.1) is 0 Å². The van der Waals surface area contributed by atoms with Crippen LogP contribution < -0.4 is 0 Å². The van der Waals surface area contributed by atoms with Crippen molar-refractivity contribution in [3.05, 3.63) is 45.2 Å². The smallest absolute Gasteiger partial charge is 0.267 e. The number of ketones is 1. The van der Waals surface area contributed by atoms with Crippen LogP contribution in [0.3, 0.4) is 0 Å². The van der Waals surface area contributed by atoms with Gasteiger partial charge in [0.05, 0.1) is 0 Å². The minimum atomic E-state index is -4.18. The van der Waals surface area contributed by atoms with Crippen molar-refractivity contribution < 1.29 is 13.2 Å². The quantitative estimate of drug-likeness (QED) is 0.332. The average molecular weight is 253 g/mol. The molecule has 0 aromatic heterocycles. The number of carbonyl (C=O) groups excluding carboxylic acids is 1. The first-order valence-electron chi connectivity index (χ1n) is 4.75. The second-order valence-electron chi connectivity index (χ2n) is 3.74. The monoisotopic (exact) mass is 253 g/mol. The maximum absolute atomic E-state index is 11.6. The topological polar surface area (TPSA) is 100.0 Å². The summed E-state index contributed by atoms with van der Waals surface area (Å²) < 4.78 is 25.4. The van der Waals surface area contributed by atoms with Gasteiger partial charge in [0.25, 0.3) is 10.0 Å². The number of allylic oxidation sites excluding steroid dienone is 5. The summed E-state index contributed by atoms with van der Waals surface area (Å²) in [5.74, 6) is -0.559. The molecule has 0 aromatic rings. The fraction of sp³-hybridized carbons (Fsp3) is 0.300. The third kappa shape index (κ3) is 3.30. The predicted octanol–water partition coefficient (Wildman–Crippen LogP) is 2.38. The normalized spacial score (nSPS) is 15.7. The zero-order valence-electron chi connectivity index (χ0n) is 9.25. The Morgan fingerprint density at radius 1 is 1.59 bits per heavy atom. The fourth-order valence-electron chi connectivity index (χ4n) is 1.47. The Labute approximate surface area is 99.0 Å². The number of sulfonamides is 1. The molecule has 0 aromatic carbocycles. The minimum Gasteiger partial charge on any atom is -0.293 e. The third-order valence-corrected chi connectivity index (χ3v) is 3.29. The highest BCUT2D eigenvalue weighted by Gasteiger charge is 2.26. The first kappa shape index (κ1) is 13.2. The minimum absolute atomic E-state index is 0.0128. The van der Waals surface area contributed by atoms with Crippen LogP contribution in [0, 0.1) is 0 Å². The largest absolute Gasteiger partial charge is 0.293 e. The summed E-state index contributed by atoms with van der Waals surface area (Å²) in [5, 5.41) is 0. The molecule has 0 saturated carbocycles. The molecule has 1 aliphatic rings. The number of nitrogens with zero attached hydrogens (tertiary/aromatic N) is 3. The Kier molecular flexibility index (Phi) is 3.88. The van der Waals surface area contributed by atoms with E-state index in [-0.39, 0.29) is 6.42 Å². The standard InChI is InChI=1S/C10H11N3O3S/c1-7(2)5-8-3-4-10(9(14)6-8)17(15,16)13-12-11/h3-4H,1,5-6H2,2H3. The van der Waals surface area contributed by atoms with Crippen LogP contribution in [-0.2, 0) is 14.8 Å². The summed E-state index contributed by atoms with van der Waals surface area (Å²) in [7, 11) is -4.18. The van der Waals surface area contributed by atoms with Crippen LogP contribution in [0.25, 0.3) is 10.4 Å². The number of hydrogen-bond acceptors (Lipinski definition) is 3. The lowest BCUT2D eigenvalue weighted by Crippen LogP contribution is -2.14. The molecule has 6 nitrogen and oxygen atoms in total. The summed E-state index contributed by atoms with van der Waals surface area (Å²) in [5.41, 5.74) is 9.79. The molecular formula is C10H11N3O3S. The first-order valence-corrected chi connectivity index (χ1v) is 6.19. The fourth-order valence-corrected chi connectivity index (χ4v) is 2.25. The van der Waals surface area contributed by atoms with E-state index in [9.17, 15) is 13.2 Å². The van der Waals surface area contributed by atoms with Gasteiger partial charge in [-0.1, -0.05) is 23.8 Å². The molecule has 0 atom stereocenters. The molecular weight excluding hydrogens is 242 g/mol. The lowest BCUT2D eigenvalue weighted by atomic mass is 9.98. The Hall–Kier alpha value is -1.85. The van der Waals surface area contributed by atoms with Gasteiger partial charge in [-0.05, 0) is 25.0 Å². The van der Waals surface area contributed by atoms with Gasteiger partial charge in [-0.2, -0.15) is 0 Å². The van der Waals surface area contributed by atoms with Gasteiger partial charge in [0.15, 0.2) is 5.78 Å². The number of hydrogen-bond donors (Lipinski definition) is 0. The molecule has 0 radical (unpaired) electrons. The van der Waals surface area contributed by atoms with Crippen molar-refractivity contribution in [3.63, 3.8) is 0 Å². The van der Waals surface area contributed by atoms with Crippen molar-refractivity contribution in [3.8, 4) is 0 Å². The Morgan fingerprint density at radius 3 is 2.71 bits per heavy atom. The second-order valence-corrected chi connectivity index (χ2v) is 5.29. The van der Waals surface area contributed by atoms with Crippen LogP contribution in [0.1, 0.15) is 19.8 Å². The Balaban J connectivity index is 3.10. The van der Waals surface area contributed by atoms with E-state index in [0.29, 0.717) is 6.42 Å². The molecule has 7 heteroatoms. The summed E-state index contributed by atoms with van der Waals surface area (Å²) >= 11 is 0. The molecule has 0 heterocycles. The molecule has 90 valence electrons. The Bertz CT molecular complexity index is 578. The van der Waals surface area contributed by atoms with E-state index >= 15 is 0 Å². The predicted molar refractivity (Wildman–Crippen MR) is 63.3 cm³/mol. The average Bonchev–Trinajstić information content (AvgIpc) is 2.15. The van der Waals surface area contributed by atoms with Crippen molar-refractivity contribution in [2.75, 3.05) is 0 Å². The first-order chi connectivity index (χ1) is 7.86. The molecule has 0 spiro atoms. The van der Waals surface area contributed by atoms with Crippen molar-refractivity contribution in [1.82, 2.24) is 0 Å². The highest BCUT2D eigenvalue weighted by atomic mass is 32.2. The molecule has 0 saturated heterocycles. The summed E-state index contributed by atoms with van der Waals surface area (Å²) in [6.07, 6.45) is 3.29. The summed E-state index contributed by atoms with van der Waals surface area (Å²) in [6.45, 7) is 5.53. The number of rotatable bonds is 4. The highest BCUT2D eigenvalue weighted by molar-refractivity contribution is 7.94. The van der Waals surface area contributed by atoms with Crippen molar-refractivity contribution >= 4 is 15.8 Å². The molecule has 1 rings (SSSR count). The van der Waals surface area contributed by atoms with Gasteiger partial charge in [-0.3, -0.25) is 4.79 Å². The van der Waals surface area contributed by atoms with Gasteiger partial charge in [0, 0.05) is 15.9 Å². The molecule has 0 N–H and O–H groups in total. The Morgan fingerprint density at radius 2 is 2.24 bits per heavy atom. The molecule has 1 aliphatic carbocycles. The summed E-state index contributed by atoms with van der Waals surface area (Å²) in [4.78, 5) is 13.3. The van der Waals surface area contributed by atoms with Crippen LogP contribution in [0.2, 0.25) is 0 Å². The third-order valence-electron chi connectivity index (χ3n) is 2.08. The van der Waals surface area contributed by atoms with E-state index in [1.807, 2.05) is 6.92 Å². The van der Waals surface area contributed by atoms with Crippen LogP contribution in [0.15, 0.2) is 39.3 Å². The van der Waals surface area contributed by atoms with Crippen LogP contribution >= 0.6 is 0 Å². The van der Waals surface area contributed by atoms with Gasteiger partial charge >= 0.3 is 0 Å². The van der Waals surface area contributed by atoms with E-state index in [2.05, 4.69) is 16.0 Å². The van der Waals surface area contributed by atoms with E-state index < -0.39 is 20.7 Å². The van der Waals surface area contributed by atoms with Crippen LogP contribution in [0.5, 0.6) is 0 Å². The van der Waals surface area contributed by atoms with E-state index in [4.69, 9.17) is 5.53 Å². The molecule has 17 heavy (non-hydrogen) atoms. The highest BCUT2D eigenvalue weighted by Crippen LogP contribution is 2.24. The van der Waals surface area contributed by atoms with E-state index in [1.54, 1.807) is 6.08 Å². The maximum Gasteiger partial charge on any atom is 0.267 e. The van der Waals surface area contributed by atoms with Gasteiger partial charge in [-0.25, -0.2) is 8.42 Å². The SMILES string of the molecule is C=C(C)CC1=CC=C(S(=O)(=O)N=[N+]=[N-])C(=O)C1. The maximum atomic E-state index is 11.6. The van der Waals surface area contributed by atoms with Crippen molar-refractivity contribution in [2.24, 2.45) is 4.52 Å². The molecule has 0 aliphatic heterocycles. The lowest BCUT2D eigenvalue weighted by Gasteiger charge is -2.11. The molecule has 0 amide bonds. The van der Waals surface area contributed by atoms with E-state index in [0.717, 1.165) is 11.1 Å². The number of carbonyl (C=O) groups is 1. The van der Waals surface area contributed by atoms with Crippen molar-refractivity contribution in [2.45, 2.75) is 19.8 Å². The zero-order valence-corrected chi connectivity index (χ0v) is 10.1. The summed E-state index contributed by atoms with van der Waals surface area (Å²) in [6, 6.07) is 0. The van der Waals surface area contributed by atoms with Gasteiger partial charge in [0.1, 0.15) is 4.91 Å². The lowest BCUT2D eigenvalue weighted by molar-refractivity contribution is -0.114. The van der Waals surface area contributed by atoms with Gasteiger partial charge < -0.3 is 0 Å². The number of Topliss-reactive ketones (excluding diaryl/α,β-unsaturated/α-hetero) is 1. The second kappa shape index (κ2) is 4.99. The van der Waals surface area contributed by atoms with Gasteiger partial charge in [0.2, 0.25) is 0 Å². The molecule has 0 fully saturated rings. The van der Waals surface area contributed by atoms with Crippen LogP contribution in [0.4, 0.5) is 0 Å². The van der Waals surface area contributed by atoms with Crippen molar-refractivity contribution in [1.29, 1.82) is 0 Å². The zero-order chi connectivity index (χ0) is 13.1. The van der Waals surface area contributed by atoms with Crippen LogP contribution in [-0.4, -0.2) is 14.2 Å². The molecule has 0 unspecified atom stereocenters. The molecule has 0 bridgehead atoms. The van der Waals surface area contributed by atoms with E-state index in [1.165, 1.54) is 6.08 Å².